The predicted octanol–water partition coefficient (Wildman–Crippen LogP) is 2.32. The average Bonchev–Trinajstić information content (AvgIpc) is 2.91. The van der Waals surface area contributed by atoms with Gasteiger partial charge in [-0.2, -0.15) is 0 Å². The number of halogens is 1. The van der Waals surface area contributed by atoms with E-state index in [1.54, 1.807) is 12.1 Å². The van der Waals surface area contributed by atoms with E-state index in [9.17, 15) is 4.79 Å². The number of rotatable bonds is 5. The zero-order valence-electron chi connectivity index (χ0n) is 10.9. The average molecular weight is 284 g/mol. The summed E-state index contributed by atoms with van der Waals surface area (Å²) >= 11 is 5.92. The Kier molecular flexibility index (Phi) is 5.05. The maximum Gasteiger partial charge on any atom is 0.258 e. The first-order valence-corrected chi connectivity index (χ1v) is 6.80. The molecule has 1 saturated heterocycles. The van der Waals surface area contributed by atoms with E-state index in [4.69, 9.17) is 21.1 Å². The van der Waals surface area contributed by atoms with Crippen molar-refractivity contribution in [3.8, 4) is 5.75 Å². The van der Waals surface area contributed by atoms with Crippen LogP contribution in [0.4, 0.5) is 0 Å². The van der Waals surface area contributed by atoms with E-state index < -0.39 is 0 Å². The first-order chi connectivity index (χ1) is 9.15. The van der Waals surface area contributed by atoms with Crippen LogP contribution in [0.5, 0.6) is 5.75 Å². The third kappa shape index (κ3) is 4.40. The molecule has 1 aromatic carbocycles. The van der Waals surface area contributed by atoms with Crippen LogP contribution in [0.15, 0.2) is 18.2 Å². The van der Waals surface area contributed by atoms with Crippen LogP contribution >= 0.6 is 11.6 Å². The number of hydrogen-bond acceptors (Lipinski definition) is 3. The van der Waals surface area contributed by atoms with E-state index in [0.717, 1.165) is 25.0 Å². The number of benzene rings is 1. The molecule has 5 heteroatoms. The molecule has 1 atom stereocenters. The normalized spacial score (nSPS) is 18.3. The van der Waals surface area contributed by atoms with Gasteiger partial charge in [0.15, 0.2) is 6.61 Å². The Morgan fingerprint density at radius 1 is 1.58 bits per heavy atom. The monoisotopic (exact) mass is 283 g/mol. The van der Waals surface area contributed by atoms with Crippen molar-refractivity contribution >= 4 is 17.5 Å². The fourth-order valence-corrected chi connectivity index (χ4v) is 2.06. The van der Waals surface area contributed by atoms with Crippen molar-refractivity contribution in [1.29, 1.82) is 0 Å². The molecule has 1 aliphatic rings. The minimum atomic E-state index is -0.136. The van der Waals surface area contributed by atoms with Gasteiger partial charge in [-0.15, -0.1) is 0 Å². The van der Waals surface area contributed by atoms with E-state index >= 15 is 0 Å². The van der Waals surface area contributed by atoms with Gasteiger partial charge < -0.3 is 14.8 Å². The van der Waals surface area contributed by atoms with Gasteiger partial charge in [-0.3, -0.25) is 4.79 Å². The lowest BCUT2D eigenvalue weighted by Crippen LogP contribution is -2.35. The van der Waals surface area contributed by atoms with Gasteiger partial charge in [-0.25, -0.2) is 0 Å². The maximum atomic E-state index is 11.6. The van der Waals surface area contributed by atoms with Gasteiger partial charge in [-0.05, 0) is 43.5 Å². The molecule has 0 bridgehead atoms. The highest BCUT2D eigenvalue weighted by Crippen LogP contribution is 2.20. The molecule has 19 heavy (non-hydrogen) atoms. The highest BCUT2D eigenvalue weighted by molar-refractivity contribution is 6.31. The molecule has 0 radical (unpaired) electrons. The second-order valence-corrected chi connectivity index (χ2v) is 5.05. The lowest BCUT2D eigenvalue weighted by Gasteiger charge is -2.11. The van der Waals surface area contributed by atoms with E-state index in [-0.39, 0.29) is 18.6 Å². The molecule has 0 aliphatic carbocycles. The molecule has 0 aromatic heterocycles. The van der Waals surface area contributed by atoms with Crippen LogP contribution in [0, 0.1) is 6.92 Å². The Labute approximate surface area is 118 Å². The van der Waals surface area contributed by atoms with Crippen LogP contribution in [0.3, 0.4) is 0 Å². The summed E-state index contributed by atoms with van der Waals surface area (Å²) in [5, 5.41) is 3.50. The second kappa shape index (κ2) is 6.78. The van der Waals surface area contributed by atoms with E-state index in [2.05, 4.69) is 5.32 Å². The van der Waals surface area contributed by atoms with Crippen molar-refractivity contribution in [3.05, 3.63) is 28.8 Å². The molecule has 0 spiro atoms. The van der Waals surface area contributed by atoms with Crippen LogP contribution in [0.25, 0.3) is 0 Å². The molecule has 1 unspecified atom stereocenters. The van der Waals surface area contributed by atoms with Crippen molar-refractivity contribution < 1.29 is 14.3 Å². The van der Waals surface area contributed by atoms with Gasteiger partial charge in [0.2, 0.25) is 0 Å². The van der Waals surface area contributed by atoms with E-state index in [0.29, 0.717) is 17.3 Å². The summed E-state index contributed by atoms with van der Waals surface area (Å²) in [5.74, 6) is 0.511. The minimum absolute atomic E-state index is 0.00773. The molecule has 1 aromatic rings. The molecule has 2 rings (SSSR count). The minimum Gasteiger partial charge on any atom is -0.484 e. The van der Waals surface area contributed by atoms with Crippen LogP contribution in [-0.4, -0.2) is 31.8 Å². The Bertz CT molecular complexity index is 444. The van der Waals surface area contributed by atoms with Crippen molar-refractivity contribution in [1.82, 2.24) is 5.32 Å². The van der Waals surface area contributed by atoms with E-state index in [1.165, 1.54) is 0 Å². The van der Waals surface area contributed by atoms with Gasteiger partial charge in [0.1, 0.15) is 5.75 Å². The van der Waals surface area contributed by atoms with Gasteiger partial charge in [0.25, 0.3) is 5.91 Å². The zero-order valence-corrected chi connectivity index (χ0v) is 11.7. The summed E-state index contributed by atoms with van der Waals surface area (Å²) in [6, 6.07) is 5.33. The van der Waals surface area contributed by atoms with E-state index in [1.807, 2.05) is 13.0 Å². The number of hydrogen-bond donors (Lipinski definition) is 1. The number of amides is 1. The summed E-state index contributed by atoms with van der Waals surface area (Å²) in [6.45, 7) is 3.25. The first-order valence-electron chi connectivity index (χ1n) is 6.42. The quantitative estimate of drug-likeness (QED) is 0.902. The van der Waals surface area contributed by atoms with Crippen molar-refractivity contribution in [3.63, 3.8) is 0 Å². The number of carbonyl (C=O) groups is 1. The van der Waals surface area contributed by atoms with Gasteiger partial charge in [0, 0.05) is 18.2 Å². The number of ether oxygens (including phenoxy) is 2. The predicted molar refractivity (Wildman–Crippen MR) is 73.7 cm³/mol. The molecule has 0 saturated carbocycles. The van der Waals surface area contributed by atoms with Gasteiger partial charge >= 0.3 is 0 Å². The number of aryl methyl sites for hydroxylation is 1. The van der Waals surface area contributed by atoms with Crippen LogP contribution in [-0.2, 0) is 9.53 Å². The van der Waals surface area contributed by atoms with Crippen LogP contribution in [0.2, 0.25) is 5.02 Å². The lowest BCUT2D eigenvalue weighted by molar-refractivity contribution is -0.123. The fourth-order valence-electron chi connectivity index (χ4n) is 1.94. The molecule has 1 heterocycles. The number of carbonyl (C=O) groups excluding carboxylic acids is 1. The van der Waals surface area contributed by atoms with Gasteiger partial charge in [-0.1, -0.05) is 11.6 Å². The van der Waals surface area contributed by atoms with Crippen LogP contribution in [0.1, 0.15) is 18.4 Å². The number of nitrogens with one attached hydrogen (secondary N) is 1. The molecular formula is C14H18ClNO3. The first kappa shape index (κ1) is 14.2. The molecule has 1 fully saturated rings. The Hall–Kier alpha value is -1.26. The third-order valence-electron chi connectivity index (χ3n) is 3.05. The van der Waals surface area contributed by atoms with Gasteiger partial charge in [0.05, 0.1) is 6.10 Å². The molecule has 1 aliphatic heterocycles. The highest BCUT2D eigenvalue weighted by atomic mass is 35.5. The fraction of sp³-hybridized carbons (Fsp3) is 0.500. The Morgan fingerprint density at radius 3 is 3.11 bits per heavy atom. The molecule has 104 valence electrons. The lowest BCUT2D eigenvalue weighted by atomic mass is 10.2. The highest BCUT2D eigenvalue weighted by Gasteiger charge is 2.16. The molecular weight excluding hydrogens is 266 g/mol. The Morgan fingerprint density at radius 2 is 2.42 bits per heavy atom. The summed E-state index contributed by atoms with van der Waals surface area (Å²) in [6.07, 6.45) is 2.24. The summed E-state index contributed by atoms with van der Waals surface area (Å²) in [7, 11) is 0. The molecule has 1 N–H and O–H groups in total. The standard InChI is InChI=1S/C14H18ClNO3/c1-10-7-11(4-5-13(10)15)19-9-14(17)16-8-12-3-2-6-18-12/h4-5,7,12H,2-3,6,8-9H2,1H3,(H,16,17). The second-order valence-electron chi connectivity index (χ2n) is 4.64. The zero-order chi connectivity index (χ0) is 13.7. The topological polar surface area (TPSA) is 47.6 Å². The summed E-state index contributed by atoms with van der Waals surface area (Å²) in [5.41, 5.74) is 0.930. The van der Waals surface area contributed by atoms with Crippen molar-refractivity contribution in [2.75, 3.05) is 19.8 Å². The van der Waals surface area contributed by atoms with Crippen molar-refractivity contribution in [2.45, 2.75) is 25.9 Å². The molecule has 4 nitrogen and oxygen atoms in total. The molecule has 1 amide bonds. The third-order valence-corrected chi connectivity index (χ3v) is 3.47. The SMILES string of the molecule is Cc1cc(OCC(=O)NCC2CCCO2)ccc1Cl. The summed E-state index contributed by atoms with van der Waals surface area (Å²) < 4.78 is 10.8. The van der Waals surface area contributed by atoms with Crippen LogP contribution < -0.4 is 10.1 Å². The maximum absolute atomic E-state index is 11.6. The Balaban J connectivity index is 1.71. The summed E-state index contributed by atoms with van der Waals surface area (Å²) in [4.78, 5) is 11.6. The smallest absolute Gasteiger partial charge is 0.258 e. The van der Waals surface area contributed by atoms with Crippen molar-refractivity contribution in [2.24, 2.45) is 0 Å². The largest absolute Gasteiger partial charge is 0.484 e.